The molecule has 6 nitrogen and oxygen atoms in total. The molecule has 130 valence electrons. The molecule has 0 saturated carbocycles. The second kappa shape index (κ2) is 6.00. The van der Waals surface area contributed by atoms with E-state index in [1.807, 2.05) is 6.92 Å². The van der Waals surface area contributed by atoms with E-state index in [1.54, 1.807) is 30.3 Å². The molecule has 1 saturated heterocycles. The fraction of sp³-hybridized carbons (Fsp3) is 0.294. The molecular weight excluding hydrogens is 360 g/mol. The predicted octanol–water partition coefficient (Wildman–Crippen LogP) is 3.23. The normalized spacial score (nSPS) is 15.2. The molecule has 3 heterocycles. The first-order valence-electron chi connectivity index (χ1n) is 8.08. The molecule has 0 spiro atoms. The van der Waals surface area contributed by atoms with Crippen LogP contribution in [0.2, 0.25) is 5.28 Å². The number of aryl methyl sites for hydroxylation is 1. The number of hydrogen-bond acceptors (Lipinski definition) is 5. The Morgan fingerprint density at radius 2 is 1.72 bits per heavy atom. The standard InChI is InChI=1S/C17H17ClN4O2S/c1-12-4-6-13(7-5-12)25(23,24)22-11-8-14-15(22)16(20-17(18)19-14)21-9-2-3-10-21/h4-8,11H,2-3,9-10H2,1H3. The van der Waals surface area contributed by atoms with Gasteiger partial charge in [-0.05, 0) is 49.6 Å². The van der Waals surface area contributed by atoms with E-state index >= 15 is 0 Å². The molecule has 25 heavy (non-hydrogen) atoms. The van der Waals surface area contributed by atoms with Crippen LogP contribution in [0.4, 0.5) is 5.82 Å². The summed E-state index contributed by atoms with van der Waals surface area (Å²) in [5.41, 5.74) is 2.01. The van der Waals surface area contributed by atoms with Crippen LogP contribution in [0.1, 0.15) is 18.4 Å². The first-order valence-corrected chi connectivity index (χ1v) is 9.90. The van der Waals surface area contributed by atoms with Gasteiger partial charge in [0.25, 0.3) is 10.0 Å². The number of nitrogens with zero attached hydrogens (tertiary/aromatic N) is 4. The molecule has 1 aliphatic rings. The summed E-state index contributed by atoms with van der Waals surface area (Å²) in [5.74, 6) is 0.577. The Kier molecular flexibility index (Phi) is 3.92. The van der Waals surface area contributed by atoms with E-state index in [-0.39, 0.29) is 10.2 Å². The Morgan fingerprint density at radius 3 is 2.40 bits per heavy atom. The maximum absolute atomic E-state index is 13.1. The minimum atomic E-state index is -3.74. The number of aromatic nitrogens is 3. The predicted molar refractivity (Wildman–Crippen MR) is 97.7 cm³/mol. The van der Waals surface area contributed by atoms with Gasteiger partial charge in [-0.2, -0.15) is 4.98 Å². The molecule has 8 heteroatoms. The van der Waals surface area contributed by atoms with Crippen LogP contribution in [-0.2, 0) is 10.0 Å². The van der Waals surface area contributed by atoms with Gasteiger partial charge in [0.05, 0.1) is 10.4 Å². The number of anilines is 1. The maximum Gasteiger partial charge on any atom is 0.268 e. The monoisotopic (exact) mass is 376 g/mol. The molecule has 2 aromatic heterocycles. The molecule has 0 amide bonds. The summed E-state index contributed by atoms with van der Waals surface area (Å²) in [5, 5.41) is 0.125. The highest BCUT2D eigenvalue weighted by Gasteiger charge is 2.25. The van der Waals surface area contributed by atoms with Crippen molar-refractivity contribution in [2.75, 3.05) is 18.0 Å². The molecule has 1 aromatic carbocycles. The topological polar surface area (TPSA) is 68.1 Å². The Morgan fingerprint density at radius 1 is 1.04 bits per heavy atom. The van der Waals surface area contributed by atoms with Crippen molar-refractivity contribution in [3.05, 3.63) is 47.4 Å². The van der Waals surface area contributed by atoms with E-state index in [0.717, 1.165) is 31.5 Å². The third-order valence-corrected chi connectivity index (χ3v) is 6.30. The van der Waals surface area contributed by atoms with Gasteiger partial charge in [0.15, 0.2) is 5.82 Å². The average molecular weight is 377 g/mol. The van der Waals surface area contributed by atoms with Crippen molar-refractivity contribution >= 4 is 38.5 Å². The van der Waals surface area contributed by atoms with Crippen molar-refractivity contribution in [1.29, 1.82) is 0 Å². The highest BCUT2D eigenvalue weighted by molar-refractivity contribution is 7.90. The van der Waals surface area contributed by atoms with Crippen LogP contribution in [-0.4, -0.2) is 35.4 Å². The summed E-state index contributed by atoms with van der Waals surface area (Å²) in [4.78, 5) is 10.8. The summed E-state index contributed by atoms with van der Waals surface area (Å²) in [6.07, 6.45) is 3.62. The molecule has 4 rings (SSSR count). The van der Waals surface area contributed by atoms with Gasteiger partial charge < -0.3 is 4.90 Å². The highest BCUT2D eigenvalue weighted by Crippen LogP contribution is 2.31. The number of halogens is 1. The molecule has 0 aliphatic carbocycles. The third-order valence-electron chi connectivity index (χ3n) is 4.44. The lowest BCUT2D eigenvalue weighted by Gasteiger charge is -2.19. The van der Waals surface area contributed by atoms with Gasteiger partial charge in [0.1, 0.15) is 5.52 Å². The Bertz CT molecular complexity index is 1040. The Balaban J connectivity index is 1.94. The number of benzene rings is 1. The van der Waals surface area contributed by atoms with E-state index < -0.39 is 10.0 Å². The fourth-order valence-corrected chi connectivity index (χ4v) is 4.66. The van der Waals surface area contributed by atoms with Crippen molar-refractivity contribution in [3.8, 4) is 0 Å². The fourth-order valence-electron chi connectivity index (χ4n) is 3.15. The smallest absolute Gasteiger partial charge is 0.268 e. The van der Waals surface area contributed by atoms with Crippen LogP contribution >= 0.6 is 11.6 Å². The van der Waals surface area contributed by atoms with Crippen molar-refractivity contribution in [2.24, 2.45) is 0 Å². The molecular formula is C17H17ClN4O2S. The first kappa shape index (κ1) is 16.4. The van der Waals surface area contributed by atoms with E-state index in [4.69, 9.17) is 11.6 Å². The van der Waals surface area contributed by atoms with E-state index in [0.29, 0.717) is 16.9 Å². The molecule has 0 N–H and O–H groups in total. The van der Waals surface area contributed by atoms with Crippen LogP contribution in [0.3, 0.4) is 0 Å². The van der Waals surface area contributed by atoms with Crippen LogP contribution in [0.5, 0.6) is 0 Å². The lowest BCUT2D eigenvalue weighted by molar-refractivity contribution is 0.589. The molecule has 3 aromatic rings. The van der Waals surface area contributed by atoms with Crippen LogP contribution in [0.25, 0.3) is 11.0 Å². The summed E-state index contributed by atoms with van der Waals surface area (Å²) >= 11 is 6.05. The van der Waals surface area contributed by atoms with Crippen LogP contribution in [0.15, 0.2) is 41.4 Å². The third kappa shape index (κ3) is 2.77. The minimum absolute atomic E-state index is 0.125. The van der Waals surface area contributed by atoms with E-state index in [1.165, 1.54) is 10.2 Å². The van der Waals surface area contributed by atoms with Crippen LogP contribution in [0, 0.1) is 6.92 Å². The largest absolute Gasteiger partial charge is 0.355 e. The van der Waals surface area contributed by atoms with Crippen molar-refractivity contribution in [1.82, 2.24) is 13.9 Å². The van der Waals surface area contributed by atoms with E-state index in [2.05, 4.69) is 14.9 Å². The molecule has 0 radical (unpaired) electrons. The SMILES string of the molecule is Cc1ccc(S(=O)(=O)n2ccc3nc(Cl)nc(N4CCCC4)c32)cc1. The zero-order valence-corrected chi connectivity index (χ0v) is 15.3. The van der Waals surface area contributed by atoms with E-state index in [9.17, 15) is 8.42 Å². The molecule has 0 atom stereocenters. The number of hydrogen-bond donors (Lipinski definition) is 0. The Hall–Kier alpha value is -2.12. The zero-order valence-electron chi connectivity index (χ0n) is 13.7. The first-order chi connectivity index (χ1) is 12.0. The highest BCUT2D eigenvalue weighted by atomic mass is 35.5. The lowest BCUT2D eigenvalue weighted by Crippen LogP contribution is -2.22. The number of rotatable bonds is 3. The Labute approximate surface area is 151 Å². The van der Waals surface area contributed by atoms with Gasteiger partial charge in [-0.3, -0.25) is 0 Å². The summed E-state index contributed by atoms with van der Waals surface area (Å²) in [7, 11) is -3.74. The van der Waals surface area contributed by atoms with Gasteiger partial charge in [-0.1, -0.05) is 17.7 Å². The van der Waals surface area contributed by atoms with Gasteiger partial charge in [0.2, 0.25) is 5.28 Å². The molecule has 1 aliphatic heterocycles. The lowest BCUT2D eigenvalue weighted by atomic mass is 10.2. The van der Waals surface area contributed by atoms with Crippen molar-refractivity contribution in [2.45, 2.75) is 24.7 Å². The van der Waals surface area contributed by atoms with Gasteiger partial charge in [0, 0.05) is 19.3 Å². The van der Waals surface area contributed by atoms with Crippen molar-refractivity contribution < 1.29 is 8.42 Å². The second-order valence-corrected chi connectivity index (χ2v) is 8.33. The average Bonchev–Trinajstić information content (AvgIpc) is 3.24. The van der Waals surface area contributed by atoms with Crippen molar-refractivity contribution in [3.63, 3.8) is 0 Å². The summed E-state index contributed by atoms with van der Waals surface area (Å²) < 4.78 is 27.5. The minimum Gasteiger partial charge on any atom is -0.355 e. The molecule has 0 bridgehead atoms. The number of fused-ring (bicyclic) bond motifs is 1. The van der Waals surface area contributed by atoms with Gasteiger partial charge in [-0.15, -0.1) is 0 Å². The van der Waals surface area contributed by atoms with Gasteiger partial charge in [-0.25, -0.2) is 17.4 Å². The summed E-state index contributed by atoms with van der Waals surface area (Å²) in [6.45, 7) is 3.58. The quantitative estimate of drug-likeness (QED) is 0.656. The second-order valence-electron chi connectivity index (χ2n) is 6.17. The summed E-state index contributed by atoms with van der Waals surface area (Å²) in [6, 6.07) is 8.46. The molecule has 1 fully saturated rings. The van der Waals surface area contributed by atoms with Crippen LogP contribution < -0.4 is 4.90 Å². The zero-order chi connectivity index (χ0) is 17.6. The molecule has 0 unspecified atom stereocenters. The maximum atomic E-state index is 13.1. The van der Waals surface area contributed by atoms with Gasteiger partial charge >= 0.3 is 0 Å².